The van der Waals surface area contributed by atoms with Gasteiger partial charge in [0.05, 0.1) is 16.9 Å². The number of carbonyl (C=O) groups excluding carboxylic acids is 1. The summed E-state index contributed by atoms with van der Waals surface area (Å²) < 4.78 is 0. The number of fused-ring (bicyclic) bond motifs is 1. The van der Waals surface area contributed by atoms with Crippen molar-refractivity contribution in [3.05, 3.63) is 36.0 Å². The lowest BCUT2D eigenvalue weighted by Crippen LogP contribution is -2.39. The zero-order valence-electron chi connectivity index (χ0n) is 15.4. The number of piperidine rings is 1. The van der Waals surface area contributed by atoms with Gasteiger partial charge in [-0.25, -0.2) is 0 Å². The Morgan fingerprint density at radius 2 is 1.85 bits per heavy atom. The molecule has 0 spiro atoms. The summed E-state index contributed by atoms with van der Waals surface area (Å²) in [4.78, 5) is 21.8. The van der Waals surface area contributed by atoms with E-state index in [1.54, 1.807) is 0 Å². The van der Waals surface area contributed by atoms with Gasteiger partial charge >= 0.3 is 0 Å². The van der Waals surface area contributed by atoms with Crippen molar-refractivity contribution in [2.24, 2.45) is 0 Å². The van der Waals surface area contributed by atoms with E-state index in [0.29, 0.717) is 18.2 Å². The van der Waals surface area contributed by atoms with Gasteiger partial charge in [-0.15, -0.1) is 0 Å². The molecular weight excluding hydrogens is 324 g/mol. The predicted molar refractivity (Wildman–Crippen MR) is 105 cm³/mol. The van der Waals surface area contributed by atoms with Crippen LogP contribution in [0.4, 0.5) is 5.69 Å². The summed E-state index contributed by atoms with van der Waals surface area (Å²) in [6, 6.07) is 10.1. The minimum atomic E-state index is 0.301. The van der Waals surface area contributed by atoms with Gasteiger partial charge in [0.25, 0.3) is 0 Å². The van der Waals surface area contributed by atoms with Crippen molar-refractivity contribution in [3.63, 3.8) is 0 Å². The Bertz CT molecular complexity index is 777. The summed E-state index contributed by atoms with van der Waals surface area (Å²) in [7, 11) is 0. The molecule has 1 amide bonds. The molecule has 2 aromatic rings. The second-order valence-corrected chi connectivity index (χ2v) is 7.61. The van der Waals surface area contributed by atoms with E-state index in [1.165, 1.54) is 12.8 Å². The van der Waals surface area contributed by atoms with Crippen LogP contribution in [0.15, 0.2) is 30.3 Å². The third-order valence-corrected chi connectivity index (χ3v) is 5.86. The quantitative estimate of drug-likeness (QED) is 0.919. The number of rotatable bonds is 4. The number of hydrogen-bond acceptors (Lipinski definition) is 4. The zero-order valence-corrected chi connectivity index (χ0v) is 15.4. The highest BCUT2D eigenvalue weighted by molar-refractivity contribution is 5.82. The number of nitrogens with two attached hydrogens (primary N) is 1. The number of benzene rings is 1. The van der Waals surface area contributed by atoms with E-state index in [4.69, 9.17) is 10.7 Å². The second-order valence-electron chi connectivity index (χ2n) is 7.61. The largest absolute Gasteiger partial charge is 0.397 e. The maximum atomic E-state index is 12.5. The van der Waals surface area contributed by atoms with Crippen LogP contribution in [-0.4, -0.2) is 53.4 Å². The maximum absolute atomic E-state index is 12.5. The molecule has 26 heavy (non-hydrogen) atoms. The van der Waals surface area contributed by atoms with Crippen molar-refractivity contribution in [3.8, 4) is 0 Å². The van der Waals surface area contributed by atoms with Crippen molar-refractivity contribution < 1.29 is 4.79 Å². The number of anilines is 1. The van der Waals surface area contributed by atoms with E-state index in [1.807, 2.05) is 35.2 Å². The number of likely N-dealkylation sites (tertiary alicyclic amines) is 2. The van der Waals surface area contributed by atoms with Crippen molar-refractivity contribution >= 4 is 22.5 Å². The molecule has 5 nitrogen and oxygen atoms in total. The van der Waals surface area contributed by atoms with Gasteiger partial charge in [0, 0.05) is 37.4 Å². The average molecular weight is 352 g/mol. The van der Waals surface area contributed by atoms with Crippen LogP contribution in [0.2, 0.25) is 0 Å². The van der Waals surface area contributed by atoms with E-state index < -0.39 is 0 Å². The molecule has 0 aliphatic carbocycles. The first-order valence-electron chi connectivity index (χ1n) is 9.86. The Kier molecular flexibility index (Phi) is 5.07. The van der Waals surface area contributed by atoms with Crippen LogP contribution in [-0.2, 0) is 4.79 Å². The van der Waals surface area contributed by atoms with Crippen LogP contribution in [0.5, 0.6) is 0 Å². The molecule has 2 N–H and O–H groups in total. The van der Waals surface area contributed by atoms with Gasteiger partial charge in [-0.3, -0.25) is 9.78 Å². The Morgan fingerprint density at radius 1 is 1.12 bits per heavy atom. The highest BCUT2D eigenvalue weighted by Crippen LogP contribution is 2.32. The summed E-state index contributed by atoms with van der Waals surface area (Å²) in [5.74, 6) is 0.650. The number of amides is 1. The molecule has 5 heteroatoms. The summed E-state index contributed by atoms with van der Waals surface area (Å²) in [5.41, 5.74) is 9.07. The van der Waals surface area contributed by atoms with Gasteiger partial charge < -0.3 is 15.5 Å². The molecule has 2 aliphatic rings. The van der Waals surface area contributed by atoms with E-state index >= 15 is 0 Å². The number of pyridine rings is 1. The van der Waals surface area contributed by atoms with E-state index in [-0.39, 0.29) is 0 Å². The summed E-state index contributed by atoms with van der Waals surface area (Å²) in [6.07, 6.45) is 5.11. The molecule has 1 aromatic carbocycles. The lowest BCUT2D eigenvalue weighted by atomic mass is 9.91. The Hall–Kier alpha value is -2.14. The van der Waals surface area contributed by atoms with Crippen LogP contribution >= 0.6 is 0 Å². The molecule has 2 fully saturated rings. The highest BCUT2D eigenvalue weighted by atomic mass is 16.2. The average Bonchev–Trinajstić information content (AvgIpc) is 3.19. The summed E-state index contributed by atoms with van der Waals surface area (Å²) >= 11 is 0. The van der Waals surface area contributed by atoms with E-state index in [9.17, 15) is 4.79 Å². The number of nitrogen functional groups attached to an aromatic ring is 1. The molecular formula is C21H28N4O. The monoisotopic (exact) mass is 352 g/mol. The minimum Gasteiger partial charge on any atom is -0.397 e. The lowest BCUT2D eigenvalue weighted by Gasteiger charge is -2.32. The van der Waals surface area contributed by atoms with Gasteiger partial charge in [0.1, 0.15) is 0 Å². The van der Waals surface area contributed by atoms with Gasteiger partial charge in [0.15, 0.2) is 0 Å². The first-order chi connectivity index (χ1) is 12.7. The normalized spacial score (nSPS) is 19.3. The number of aromatic nitrogens is 1. The molecule has 0 unspecified atom stereocenters. The predicted octanol–water partition coefficient (Wildman–Crippen LogP) is 3.01. The van der Waals surface area contributed by atoms with Gasteiger partial charge in [-0.1, -0.05) is 18.2 Å². The second kappa shape index (κ2) is 7.62. The number of carbonyl (C=O) groups is 1. The summed E-state index contributed by atoms with van der Waals surface area (Å²) in [5, 5.41) is 1.09. The number of nitrogens with zero attached hydrogens (tertiary/aromatic N) is 3. The third kappa shape index (κ3) is 3.68. The van der Waals surface area contributed by atoms with Gasteiger partial charge in [-0.05, 0) is 50.9 Å². The molecule has 1 aromatic heterocycles. The maximum Gasteiger partial charge on any atom is 0.223 e. The fraction of sp³-hybridized carbons (Fsp3) is 0.524. The van der Waals surface area contributed by atoms with Crippen LogP contribution < -0.4 is 5.73 Å². The van der Waals surface area contributed by atoms with Crippen molar-refractivity contribution in [1.82, 2.24) is 14.8 Å². The zero-order chi connectivity index (χ0) is 17.9. The molecule has 0 radical (unpaired) electrons. The summed E-state index contributed by atoms with van der Waals surface area (Å²) in [6.45, 7) is 4.86. The SMILES string of the molecule is Nc1cc2ccccc2nc1C1CCN(C(=O)CCN2CCCC2)CC1. The molecule has 3 heterocycles. The Balaban J connectivity index is 1.35. The fourth-order valence-corrected chi connectivity index (χ4v) is 4.29. The van der Waals surface area contributed by atoms with Crippen LogP contribution in [0, 0.1) is 0 Å². The van der Waals surface area contributed by atoms with Crippen molar-refractivity contribution in [2.45, 2.75) is 38.0 Å². The van der Waals surface area contributed by atoms with Crippen molar-refractivity contribution in [1.29, 1.82) is 0 Å². The molecule has 0 saturated carbocycles. The standard InChI is InChI=1S/C21H28N4O/c22-18-15-17-5-1-2-6-19(17)23-21(18)16-7-13-25(14-8-16)20(26)9-12-24-10-3-4-11-24/h1-2,5-6,15-16H,3-4,7-14,22H2. The first kappa shape index (κ1) is 17.3. The smallest absolute Gasteiger partial charge is 0.223 e. The topological polar surface area (TPSA) is 62.5 Å². The number of hydrogen-bond donors (Lipinski definition) is 1. The first-order valence-corrected chi connectivity index (χ1v) is 9.86. The number of para-hydroxylation sites is 1. The fourth-order valence-electron chi connectivity index (χ4n) is 4.29. The Morgan fingerprint density at radius 3 is 2.62 bits per heavy atom. The van der Waals surface area contributed by atoms with Crippen molar-refractivity contribution in [2.75, 3.05) is 38.5 Å². The lowest BCUT2D eigenvalue weighted by molar-refractivity contribution is -0.132. The molecule has 0 bridgehead atoms. The Labute approximate surface area is 155 Å². The van der Waals surface area contributed by atoms with Crippen LogP contribution in [0.1, 0.15) is 43.7 Å². The molecule has 2 aliphatic heterocycles. The van der Waals surface area contributed by atoms with E-state index in [2.05, 4.69) is 4.90 Å². The molecule has 138 valence electrons. The van der Waals surface area contributed by atoms with E-state index in [0.717, 1.165) is 67.8 Å². The van der Waals surface area contributed by atoms with Gasteiger partial charge in [0.2, 0.25) is 5.91 Å². The molecule has 4 rings (SSSR count). The molecule has 2 saturated heterocycles. The third-order valence-electron chi connectivity index (χ3n) is 5.86. The van der Waals surface area contributed by atoms with Crippen LogP contribution in [0.3, 0.4) is 0 Å². The molecule has 0 atom stereocenters. The minimum absolute atomic E-state index is 0.301. The van der Waals surface area contributed by atoms with Gasteiger partial charge in [-0.2, -0.15) is 0 Å². The highest BCUT2D eigenvalue weighted by Gasteiger charge is 2.26. The van der Waals surface area contributed by atoms with Crippen LogP contribution in [0.25, 0.3) is 10.9 Å².